The minimum absolute atomic E-state index is 0. The normalized spacial score (nSPS) is 13.0. The average Bonchev–Trinajstić information content (AvgIpc) is 3.75. The predicted octanol–water partition coefficient (Wildman–Crippen LogP) is 13.7. The Morgan fingerprint density at radius 1 is 0.544 bits per heavy atom. The van der Waals surface area contributed by atoms with Crippen LogP contribution in [0.1, 0.15) is 51.3 Å². The Morgan fingerprint density at radius 3 is 1.91 bits per heavy atom. The molecule has 0 spiro atoms. The van der Waals surface area contributed by atoms with Crippen LogP contribution in [0.4, 0.5) is 39.9 Å². The van der Waals surface area contributed by atoms with Gasteiger partial charge in [-0.15, -0.1) is 0 Å². The van der Waals surface area contributed by atoms with Gasteiger partial charge in [-0.2, -0.15) is 0 Å². The number of ether oxygens (including phenoxy) is 1. The predicted molar refractivity (Wildman–Crippen MR) is 276 cm³/mol. The van der Waals surface area contributed by atoms with E-state index in [-0.39, 0.29) is 46.9 Å². The van der Waals surface area contributed by atoms with Crippen LogP contribution in [0.25, 0.3) is 22.3 Å². The number of fused-ring (bicyclic) bond motifs is 3. The summed E-state index contributed by atoms with van der Waals surface area (Å²) in [4.78, 5) is 16.8. The van der Waals surface area contributed by atoms with E-state index in [1.165, 1.54) is 21.2 Å². The average molecular weight is 1130 g/mol. The molecule has 0 aliphatic carbocycles. The summed E-state index contributed by atoms with van der Waals surface area (Å²) in [5.41, 5.74) is 13.9. The number of anilines is 7. The monoisotopic (exact) mass is 1130 g/mol. The first-order valence-electron chi connectivity index (χ1n) is 22.6. The van der Waals surface area contributed by atoms with Gasteiger partial charge in [0.15, 0.2) is 0 Å². The molecule has 7 aromatic carbocycles. The van der Waals surface area contributed by atoms with Crippen LogP contribution in [0, 0.1) is 18.8 Å². The molecular weight excluding hydrogens is 1080 g/mol. The van der Waals surface area contributed by atoms with Gasteiger partial charge in [0.25, 0.3) is 0 Å². The number of rotatable bonds is 9. The van der Waals surface area contributed by atoms with Gasteiger partial charge >= 0.3 is 270 Å². The maximum absolute atomic E-state index is 6.70. The summed E-state index contributed by atoms with van der Waals surface area (Å²) in [6, 6.07) is 71.6. The van der Waals surface area contributed by atoms with Crippen molar-refractivity contribution in [3.05, 3.63) is 230 Å². The van der Waals surface area contributed by atoms with E-state index in [1.807, 2.05) is 18.3 Å². The molecule has 0 saturated carbocycles. The first-order chi connectivity index (χ1) is 32.6. The largest absolute Gasteiger partial charge is 0 e. The summed E-state index contributed by atoms with van der Waals surface area (Å²) in [6.07, 6.45) is 3.70. The molecule has 0 unspecified atom stereocenters. The summed E-state index contributed by atoms with van der Waals surface area (Å²) in [7, 11) is 0. The van der Waals surface area contributed by atoms with E-state index in [0.717, 1.165) is 66.8 Å². The van der Waals surface area contributed by atoms with Gasteiger partial charge in [0, 0.05) is 32.2 Å². The summed E-state index contributed by atoms with van der Waals surface area (Å²) in [5.74, 6) is 1.86. The van der Waals surface area contributed by atoms with Gasteiger partial charge < -0.3 is 0 Å². The van der Waals surface area contributed by atoms with Crippen LogP contribution in [-0.2, 0) is 31.9 Å². The van der Waals surface area contributed by atoms with Gasteiger partial charge in [-0.3, -0.25) is 0 Å². The summed E-state index contributed by atoms with van der Waals surface area (Å²) in [6.45, 7) is 13.5. The summed E-state index contributed by atoms with van der Waals surface area (Å²) < 4.78 is 8.91. The van der Waals surface area contributed by atoms with Crippen molar-refractivity contribution < 1.29 is 25.8 Å². The molecule has 0 bridgehead atoms. The SMILES string of the molecule is CC(C)(C)c1ccc2c(c1)N(c1c(-c3ccccc3)cccc1-c1ccccc1)[CH-]N2c1[c-]c(Oc2[c-]c3c(nc2)[Se]c2ccccc2N3c2cc(C(C)(C)c3ccccc3)ccn2)ccc1.[Pt]. The molecule has 2 aliphatic rings. The maximum atomic E-state index is 6.70. The third kappa shape index (κ3) is 8.45. The van der Waals surface area contributed by atoms with Crippen LogP contribution in [0.15, 0.2) is 194 Å². The molecule has 8 heteroatoms. The zero-order chi connectivity index (χ0) is 45.7. The zero-order valence-electron chi connectivity index (χ0n) is 38.4. The fraction of sp³-hybridized carbons (Fsp3) is 0.117. The van der Waals surface area contributed by atoms with Crippen molar-refractivity contribution in [3.63, 3.8) is 0 Å². The molecule has 11 rings (SSSR count). The van der Waals surface area contributed by atoms with E-state index < -0.39 is 0 Å². The number of benzene rings is 7. The smallest absolute Gasteiger partial charge is 0 e. The molecule has 0 amide bonds. The minimum Gasteiger partial charge on any atom is 0 e. The van der Waals surface area contributed by atoms with Gasteiger partial charge in [-0.05, 0) is 22.1 Å². The maximum Gasteiger partial charge on any atom is 0 e. The van der Waals surface area contributed by atoms with E-state index in [9.17, 15) is 0 Å². The van der Waals surface area contributed by atoms with Crippen LogP contribution in [0.3, 0.4) is 0 Å². The second-order valence-electron chi connectivity index (χ2n) is 18.4. The number of para-hydroxylation sites is 2. The third-order valence-electron chi connectivity index (χ3n) is 12.7. The fourth-order valence-corrected chi connectivity index (χ4v) is 11.1. The Kier molecular flexibility index (Phi) is 12.2. The van der Waals surface area contributed by atoms with Gasteiger partial charge in [-0.25, -0.2) is 0 Å². The van der Waals surface area contributed by atoms with Crippen LogP contribution in [0.2, 0.25) is 0 Å². The number of nitrogens with zero attached hydrogens (tertiary/aromatic N) is 5. The van der Waals surface area contributed by atoms with Crippen LogP contribution >= 0.6 is 0 Å². The standard InChI is InChI=1S/C60H48N5OSe.Pt/c1-59(2,3)44-31-32-51-53(35-44)64(57-49(41-19-9-6-10-20-41)27-18-28-50(57)42-21-11-7-12-22-42)40-63(51)46-25-17-26-47(37-46)66-48-38-54-58(62-39-48)67-55-30-16-15-29-52(55)65(54)56-36-45(33-34-61-56)60(4,5)43-23-13-8-14-24-43;/h6-36,39-40H,1-5H3;/q-3;. The van der Waals surface area contributed by atoms with E-state index in [1.54, 1.807) is 6.20 Å². The van der Waals surface area contributed by atoms with Crippen molar-refractivity contribution in [2.24, 2.45) is 0 Å². The van der Waals surface area contributed by atoms with Gasteiger partial charge in [0.05, 0.1) is 0 Å². The minimum atomic E-state index is -0.247. The topological polar surface area (TPSA) is 44.7 Å². The molecule has 0 saturated heterocycles. The first-order valence-corrected chi connectivity index (χ1v) is 24.3. The van der Waals surface area contributed by atoms with E-state index in [4.69, 9.17) is 14.7 Å². The summed E-state index contributed by atoms with van der Waals surface area (Å²) >= 11 is -0.0400. The van der Waals surface area contributed by atoms with E-state index in [0.29, 0.717) is 11.5 Å². The second-order valence-corrected chi connectivity index (χ2v) is 20.6. The number of hydrogen-bond acceptors (Lipinski definition) is 6. The molecule has 0 radical (unpaired) electrons. The Morgan fingerprint density at radius 2 is 1.21 bits per heavy atom. The second kappa shape index (κ2) is 18.4. The zero-order valence-corrected chi connectivity index (χ0v) is 42.4. The molecule has 4 heterocycles. The Hall–Kier alpha value is -6.75. The Bertz CT molecular complexity index is 3210. The molecule has 68 heavy (non-hydrogen) atoms. The van der Waals surface area contributed by atoms with E-state index in [2.05, 4.69) is 238 Å². The summed E-state index contributed by atoms with van der Waals surface area (Å²) in [5, 5.41) is 0. The van der Waals surface area contributed by atoms with Crippen LogP contribution in [0.5, 0.6) is 11.5 Å². The van der Waals surface area contributed by atoms with Gasteiger partial charge in [-0.1, -0.05) is 99.6 Å². The van der Waals surface area contributed by atoms with Crippen molar-refractivity contribution in [1.82, 2.24) is 9.97 Å². The Balaban J connectivity index is 0.00000539. The molecule has 6 nitrogen and oxygen atoms in total. The van der Waals surface area contributed by atoms with Crippen molar-refractivity contribution in [2.45, 2.75) is 45.4 Å². The first kappa shape index (κ1) is 45.1. The molecule has 2 aromatic heterocycles. The van der Waals surface area contributed by atoms with Crippen molar-refractivity contribution in [1.29, 1.82) is 0 Å². The molecule has 0 atom stereocenters. The molecule has 338 valence electrons. The quantitative estimate of drug-likeness (QED) is 0.106. The number of aromatic nitrogens is 2. The molecule has 2 aliphatic heterocycles. The molecular formula is C60H48N5OPtSe-3. The Labute approximate surface area is 420 Å². The van der Waals surface area contributed by atoms with Crippen molar-refractivity contribution in [3.8, 4) is 33.8 Å². The number of pyridine rings is 2. The molecule has 0 N–H and O–H groups in total. The van der Waals surface area contributed by atoms with Gasteiger partial charge in [0.1, 0.15) is 0 Å². The van der Waals surface area contributed by atoms with E-state index >= 15 is 0 Å². The molecule has 0 fully saturated rings. The number of hydrogen-bond donors (Lipinski definition) is 0. The fourth-order valence-electron chi connectivity index (χ4n) is 9.06. The molecule has 9 aromatic rings. The third-order valence-corrected chi connectivity index (χ3v) is 15.0. The van der Waals surface area contributed by atoms with Crippen LogP contribution in [-0.4, -0.2) is 24.9 Å². The van der Waals surface area contributed by atoms with Crippen molar-refractivity contribution in [2.75, 3.05) is 14.7 Å². The van der Waals surface area contributed by atoms with Crippen molar-refractivity contribution >= 4 is 64.0 Å². The van der Waals surface area contributed by atoms with Gasteiger partial charge in [0.2, 0.25) is 0 Å². The van der Waals surface area contributed by atoms with Crippen LogP contribution < -0.4 is 28.5 Å².